The van der Waals surface area contributed by atoms with Crippen LogP contribution in [0, 0.1) is 6.92 Å². The number of aromatic nitrogens is 2. The molecule has 0 aliphatic heterocycles. The van der Waals surface area contributed by atoms with E-state index in [2.05, 4.69) is 24.0 Å². The van der Waals surface area contributed by atoms with E-state index >= 15 is 0 Å². The maximum absolute atomic E-state index is 6.28. The van der Waals surface area contributed by atoms with Crippen LogP contribution in [0.25, 0.3) is 5.65 Å². The van der Waals surface area contributed by atoms with Gasteiger partial charge in [-0.25, -0.2) is 4.98 Å². The highest BCUT2D eigenvalue weighted by Gasteiger charge is 2.17. The van der Waals surface area contributed by atoms with Crippen molar-refractivity contribution in [2.45, 2.75) is 19.8 Å². The van der Waals surface area contributed by atoms with E-state index in [1.54, 1.807) is 0 Å². The predicted molar refractivity (Wildman–Crippen MR) is 78.3 cm³/mol. The molecule has 2 aromatic heterocycles. The van der Waals surface area contributed by atoms with Crippen molar-refractivity contribution in [1.29, 1.82) is 0 Å². The molecule has 3 rings (SSSR count). The lowest BCUT2D eigenvalue weighted by atomic mass is 9.98. The fourth-order valence-corrected chi connectivity index (χ4v) is 2.52. The van der Waals surface area contributed by atoms with Gasteiger partial charge in [0.15, 0.2) is 0 Å². The lowest BCUT2D eigenvalue weighted by Crippen LogP contribution is -2.02. The molecule has 0 saturated heterocycles. The van der Waals surface area contributed by atoms with E-state index in [1.165, 1.54) is 5.56 Å². The smallest absolute Gasteiger partial charge is 0.138 e. The number of rotatable bonds is 2. The summed E-state index contributed by atoms with van der Waals surface area (Å²) in [5.41, 5.74) is 10.5. The molecule has 0 amide bonds. The first kappa shape index (κ1) is 11.8. The molecule has 0 spiro atoms. The molecule has 0 radical (unpaired) electrons. The number of pyridine rings is 1. The molecule has 2 heterocycles. The maximum atomic E-state index is 6.28. The zero-order chi connectivity index (χ0) is 13.4. The Hall–Kier alpha value is -2.29. The molecular weight excluding hydrogens is 234 g/mol. The van der Waals surface area contributed by atoms with Crippen LogP contribution in [0.5, 0.6) is 0 Å². The summed E-state index contributed by atoms with van der Waals surface area (Å²) >= 11 is 0. The molecule has 19 heavy (non-hydrogen) atoms. The first-order chi connectivity index (χ1) is 9.18. The molecule has 1 aromatic carbocycles. The Balaban J connectivity index is 2.16. The quantitative estimate of drug-likeness (QED) is 0.758. The van der Waals surface area contributed by atoms with Crippen LogP contribution in [0.3, 0.4) is 0 Å². The number of anilines is 1. The van der Waals surface area contributed by atoms with Crippen LogP contribution in [0.1, 0.15) is 29.8 Å². The number of fused-ring (bicyclic) bond motifs is 1. The largest absolute Gasteiger partial charge is 0.383 e. The highest BCUT2D eigenvalue weighted by Crippen LogP contribution is 2.29. The molecule has 0 bridgehead atoms. The number of hydrogen-bond donors (Lipinski definition) is 1. The van der Waals surface area contributed by atoms with Gasteiger partial charge in [-0.1, -0.05) is 43.3 Å². The van der Waals surface area contributed by atoms with E-state index in [1.807, 2.05) is 47.7 Å². The summed E-state index contributed by atoms with van der Waals surface area (Å²) in [6, 6.07) is 16.4. The van der Waals surface area contributed by atoms with Crippen molar-refractivity contribution in [1.82, 2.24) is 9.38 Å². The summed E-state index contributed by atoms with van der Waals surface area (Å²) in [7, 11) is 0. The number of nitrogens with zero attached hydrogens (tertiary/aromatic N) is 2. The van der Waals surface area contributed by atoms with Gasteiger partial charge in [-0.05, 0) is 24.6 Å². The highest BCUT2D eigenvalue weighted by atomic mass is 15.1. The van der Waals surface area contributed by atoms with E-state index in [4.69, 9.17) is 5.73 Å². The Kier molecular flexibility index (Phi) is 2.75. The predicted octanol–water partition coefficient (Wildman–Crippen LogP) is 3.38. The molecule has 1 atom stereocenters. The van der Waals surface area contributed by atoms with Gasteiger partial charge in [0.05, 0.1) is 5.69 Å². The fourth-order valence-electron chi connectivity index (χ4n) is 2.52. The van der Waals surface area contributed by atoms with Crippen LogP contribution in [0.2, 0.25) is 0 Å². The monoisotopic (exact) mass is 251 g/mol. The van der Waals surface area contributed by atoms with Crippen LogP contribution in [0.4, 0.5) is 5.82 Å². The summed E-state index contributed by atoms with van der Waals surface area (Å²) in [6.07, 6.45) is 0. The molecule has 0 aliphatic carbocycles. The average Bonchev–Trinajstić information content (AvgIpc) is 2.78. The van der Waals surface area contributed by atoms with Gasteiger partial charge in [-0.15, -0.1) is 0 Å². The van der Waals surface area contributed by atoms with E-state index in [-0.39, 0.29) is 5.92 Å². The van der Waals surface area contributed by atoms with Crippen molar-refractivity contribution in [3.05, 3.63) is 65.5 Å². The third-order valence-corrected chi connectivity index (χ3v) is 3.61. The second kappa shape index (κ2) is 4.43. The molecular formula is C16H17N3. The third-order valence-electron chi connectivity index (χ3n) is 3.61. The molecule has 2 N–H and O–H groups in total. The Morgan fingerprint density at radius 2 is 1.79 bits per heavy atom. The standard InChI is InChI=1S/C16H17N3/c1-11-7-6-10-14-18-15(16(17)19(11)14)12(2)13-8-4-3-5-9-13/h3-10,12H,17H2,1-2H3. The van der Waals surface area contributed by atoms with Gasteiger partial charge in [0.25, 0.3) is 0 Å². The lowest BCUT2D eigenvalue weighted by Gasteiger charge is -2.10. The van der Waals surface area contributed by atoms with Gasteiger partial charge < -0.3 is 5.73 Å². The maximum Gasteiger partial charge on any atom is 0.138 e. The number of imidazole rings is 1. The molecule has 0 fully saturated rings. The average molecular weight is 251 g/mol. The molecule has 0 aliphatic rings. The summed E-state index contributed by atoms with van der Waals surface area (Å²) in [6.45, 7) is 4.19. The summed E-state index contributed by atoms with van der Waals surface area (Å²) in [4.78, 5) is 4.69. The molecule has 0 saturated carbocycles. The molecule has 3 nitrogen and oxygen atoms in total. The van der Waals surface area contributed by atoms with Gasteiger partial charge in [0.2, 0.25) is 0 Å². The molecule has 3 aromatic rings. The number of aryl methyl sites for hydroxylation is 1. The number of nitrogen functional groups attached to an aromatic ring is 1. The minimum absolute atomic E-state index is 0.195. The fraction of sp³-hybridized carbons (Fsp3) is 0.188. The van der Waals surface area contributed by atoms with Crippen molar-refractivity contribution in [2.24, 2.45) is 0 Å². The Morgan fingerprint density at radius 3 is 2.47 bits per heavy atom. The van der Waals surface area contributed by atoms with Crippen LogP contribution in [-0.4, -0.2) is 9.38 Å². The van der Waals surface area contributed by atoms with E-state index in [0.29, 0.717) is 0 Å². The van der Waals surface area contributed by atoms with Crippen LogP contribution >= 0.6 is 0 Å². The second-order valence-electron chi connectivity index (χ2n) is 4.88. The van der Waals surface area contributed by atoms with Gasteiger partial charge in [0.1, 0.15) is 11.5 Å². The second-order valence-corrected chi connectivity index (χ2v) is 4.88. The first-order valence-corrected chi connectivity index (χ1v) is 6.47. The molecule has 3 heteroatoms. The number of benzene rings is 1. The van der Waals surface area contributed by atoms with Crippen LogP contribution in [-0.2, 0) is 0 Å². The number of nitrogens with two attached hydrogens (primary N) is 1. The van der Waals surface area contributed by atoms with E-state index in [0.717, 1.165) is 22.9 Å². The molecule has 96 valence electrons. The zero-order valence-electron chi connectivity index (χ0n) is 11.2. The van der Waals surface area contributed by atoms with Crippen molar-refractivity contribution in [2.75, 3.05) is 5.73 Å². The Labute approximate surface area is 112 Å². The van der Waals surface area contributed by atoms with Crippen molar-refractivity contribution < 1.29 is 0 Å². The van der Waals surface area contributed by atoms with Gasteiger partial charge in [-0.2, -0.15) is 0 Å². The van der Waals surface area contributed by atoms with Crippen molar-refractivity contribution in [3.8, 4) is 0 Å². The van der Waals surface area contributed by atoms with Gasteiger partial charge in [0, 0.05) is 11.6 Å². The van der Waals surface area contributed by atoms with E-state index in [9.17, 15) is 0 Å². The van der Waals surface area contributed by atoms with Crippen molar-refractivity contribution in [3.63, 3.8) is 0 Å². The summed E-state index contributed by atoms with van der Waals surface area (Å²) in [5, 5.41) is 0. The van der Waals surface area contributed by atoms with E-state index < -0.39 is 0 Å². The van der Waals surface area contributed by atoms with Gasteiger partial charge >= 0.3 is 0 Å². The lowest BCUT2D eigenvalue weighted by molar-refractivity contribution is 0.889. The normalized spacial score (nSPS) is 12.7. The van der Waals surface area contributed by atoms with Gasteiger partial charge in [-0.3, -0.25) is 4.40 Å². The minimum Gasteiger partial charge on any atom is -0.383 e. The summed E-state index contributed by atoms with van der Waals surface area (Å²) < 4.78 is 2.01. The minimum atomic E-state index is 0.195. The summed E-state index contributed by atoms with van der Waals surface area (Å²) in [5.74, 6) is 0.935. The van der Waals surface area contributed by atoms with Crippen molar-refractivity contribution >= 4 is 11.5 Å². The first-order valence-electron chi connectivity index (χ1n) is 6.47. The van der Waals surface area contributed by atoms with Crippen LogP contribution in [0.15, 0.2) is 48.5 Å². The highest BCUT2D eigenvalue weighted by molar-refractivity contribution is 5.56. The Morgan fingerprint density at radius 1 is 1.05 bits per heavy atom. The van der Waals surface area contributed by atoms with Crippen LogP contribution < -0.4 is 5.73 Å². The number of hydrogen-bond acceptors (Lipinski definition) is 2. The molecule has 1 unspecified atom stereocenters. The Bertz CT molecular complexity index is 713. The SMILES string of the molecule is Cc1cccc2nc(C(C)c3ccccc3)c(N)n12. The topological polar surface area (TPSA) is 43.3 Å². The third kappa shape index (κ3) is 1.87. The zero-order valence-corrected chi connectivity index (χ0v) is 11.2.